The van der Waals surface area contributed by atoms with E-state index >= 15 is 0 Å². The molecule has 1 unspecified atom stereocenters. The first kappa shape index (κ1) is 15.0. The van der Waals surface area contributed by atoms with Crippen molar-refractivity contribution in [3.05, 3.63) is 46.4 Å². The lowest BCUT2D eigenvalue weighted by Gasteiger charge is -2.15. The Bertz CT molecular complexity index is 612. The van der Waals surface area contributed by atoms with E-state index in [9.17, 15) is 4.79 Å². The highest BCUT2D eigenvalue weighted by Gasteiger charge is 2.12. The summed E-state index contributed by atoms with van der Waals surface area (Å²) < 4.78 is 5.71. The Labute approximate surface area is 127 Å². The fraction of sp³-hybridized carbons (Fsp3) is 0.312. The number of hydrogen-bond donors (Lipinski definition) is 1. The summed E-state index contributed by atoms with van der Waals surface area (Å²) in [7, 11) is 1.41. The molecule has 0 radical (unpaired) electrons. The number of hydrogen-bond acceptors (Lipinski definition) is 3. The number of halogens is 1. The monoisotopic (exact) mass is 335 g/mol. The molecular weight excluding hydrogens is 318 g/mol. The highest BCUT2D eigenvalue weighted by atomic mass is 79.9. The maximum absolute atomic E-state index is 11.1. The highest BCUT2D eigenvalue weighted by molar-refractivity contribution is 9.10. The van der Waals surface area contributed by atoms with Crippen molar-refractivity contribution >= 4 is 32.7 Å². The number of carbonyl (C=O) groups excluding carboxylic acids is 1. The average Bonchev–Trinajstić information content (AvgIpc) is 2.47. The van der Waals surface area contributed by atoms with Crippen LogP contribution < -0.4 is 5.73 Å². The highest BCUT2D eigenvalue weighted by Crippen LogP contribution is 2.31. The van der Waals surface area contributed by atoms with E-state index in [0.29, 0.717) is 6.42 Å². The Kier molecular flexibility index (Phi) is 5.15. The van der Waals surface area contributed by atoms with Crippen molar-refractivity contribution in [1.29, 1.82) is 0 Å². The molecule has 0 aliphatic rings. The predicted octanol–water partition coefficient (Wildman–Crippen LogP) is 3.95. The van der Waals surface area contributed by atoms with Crippen LogP contribution in [0, 0.1) is 0 Å². The number of fused-ring (bicyclic) bond motifs is 1. The molecule has 0 fully saturated rings. The molecule has 0 bridgehead atoms. The van der Waals surface area contributed by atoms with Gasteiger partial charge in [0.2, 0.25) is 0 Å². The molecule has 20 heavy (non-hydrogen) atoms. The van der Waals surface area contributed by atoms with E-state index in [1.807, 2.05) is 18.2 Å². The molecule has 0 saturated carbocycles. The van der Waals surface area contributed by atoms with E-state index in [2.05, 4.69) is 38.9 Å². The summed E-state index contributed by atoms with van der Waals surface area (Å²) in [5, 5.41) is 2.32. The van der Waals surface area contributed by atoms with Crippen molar-refractivity contribution in [3.8, 4) is 0 Å². The van der Waals surface area contributed by atoms with Crippen LogP contribution in [0.15, 0.2) is 40.9 Å². The Morgan fingerprint density at radius 3 is 2.65 bits per heavy atom. The molecule has 2 aromatic rings. The predicted molar refractivity (Wildman–Crippen MR) is 84.4 cm³/mol. The molecule has 4 heteroatoms. The lowest BCUT2D eigenvalue weighted by atomic mass is 9.96. The van der Waals surface area contributed by atoms with Crippen molar-refractivity contribution in [2.45, 2.75) is 25.3 Å². The van der Waals surface area contributed by atoms with Crippen LogP contribution in [-0.4, -0.2) is 13.1 Å². The van der Waals surface area contributed by atoms with Crippen LogP contribution in [-0.2, 0) is 9.53 Å². The summed E-state index contributed by atoms with van der Waals surface area (Å²) in [5.74, 6) is -0.183. The van der Waals surface area contributed by atoms with Crippen LogP contribution in [0.3, 0.4) is 0 Å². The summed E-state index contributed by atoms with van der Waals surface area (Å²) >= 11 is 3.56. The average molecular weight is 336 g/mol. The Morgan fingerprint density at radius 2 is 1.95 bits per heavy atom. The van der Waals surface area contributed by atoms with Crippen molar-refractivity contribution in [3.63, 3.8) is 0 Å². The topological polar surface area (TPSA) is 52.3 Å². The zero-order valence-electron chi connectivity index (χ0n) is 11.4. The van der Waals surface area contributed by atoms with Crippen molar-refractivity contribution < 1.29 is 9.53 Å². The first-order chi connectivity index (χ1) is 9.63. The van der Waals surface area contributed by atoms with Crippen LogP contribution in [0.25, 0.3) is 10.8 Å². The van der Waals surface area contributed by atoms with Gasteiger partial charge in [0.05, 0.1) is 7.11 Å². The zero-order valence-corrected chi connectivity index (χ0v) is 13.0. The number of rotatable bonds is 5. The van der Waals surface area contributed by atoms with Gasteiger partial charge in [0.25, 0.3) is 0 Å². The molecule has 0 aliphatic heterocycles. The first-order valence-corrected chi connectivity index (χ1v) is 7.42. The second-order valence-electron chi connectivity index (χ2n) is 4.76. The largest absolute Gasteiger partial charge is 0.469 e. The van der Waals surface area contributed by atoms with Gasteiger partial charge in [0.1, 0.15) is 0 Å². The van der Waals surface area contributed by atoms with Crippen molar-refractivity contribution in [2.75, 3.05) is 7.11 Å². The second-order valence-corrected chi connectivity index (χ2v) is 5.61. The number of carbonyl (C=O) groups is 1. The first-order valence-electron chi connectivity index (χ1n) is 6.63. The maximum Gasteiger partial charge on any atom is 0.305 e. The van der Waals surface area contributed by atoms with Gasteiger partial charge in [-0.15, -0.1) is 0 Å². The van der Waals surface area contributed by atoms with E-state index in [1.54, 1.807) is 0 Å². The minimum absolute atomic E-state index is 0.0716. The fourth-order valence-electron chi connectivity index (χ4n) is 2.33. The molecule has 2 rings (SSSR count). The Morgan fingerprint density at radius 1 is 1.25 bits per heavy atom. The molecular formula is C16H18BrNO2. The van der Waals surface area contributed by atoms with Crippen LogP contribution in [0.4, 0.5) is 0 Å². The quantitative estimate of drug-likeness (QED) is 0.842. The Balaban J connectivity index is 2.16. The van der Waals surface area contributed by atoms with Gasteiger partial charge in [-0.1, -0.05) is 46.3 Å². The number of nitrogens with two attached hydrogens (primary N) is 1. The maximum atomic E-state index is 11.1. The minimum Gasteiger partial charge on any atom is -0.469 e. The van der Waals surface area contributed by atoms with Crippen molar-refractivity contribution in [2.24, 2.45) is 5.73 Å². The number of benzene rings is 2. The van der Waals surface area contributed by atoms with Gasteiger partial charge >= 0.3 is 5.97 Å². The van der Waals surface area contributed by atoms with Crippen LogP contribution >= 0.6 is 15.9 Å². The van der Waals surface area contributed by atoms with Gasteiger partial charge in [-0.25, -0.2) is 0 Å². The summed E-state index contributed by atoms with van der Waals surface area (Å²) in [6.45, 7) is 0. The van der Waals surface area contributed by atoms with Gasteiger partial charge in [0, 0.05) is 16.9 Å². The van der Waals surface area contributed by atoms with Crippen molar-refractivity contribution in [1.82, 2.24) is 0 Å². The normalized spacial score (nSPS) is 12.3. The van der Waals surface area contributed by atoms with Crippen LogP contribution in [0.2, 0.25) is 0 Å². The van der Waals surface area contributed by atoms with E-state index in [0.717, 1.165) is 33.7 Å². The van der Waals surface area contributed by atoms with E-state index < -0.39 is 0 Å². The molecule has 0 heterocycles. The second kappa shape index (κ2) is 6.86. The third-order valence-corrected chi connectivity index (χ3v) is 4.12. The fourth-order valence-corrected chi connectivity index (χ4v) is 2.81. The molecule has 0 amide bonds. The summed E-state index contributed by atoms with van der Waals surface area (Å²) in [6.07, 6.45) is 1.91. The summed E-state index contributed by atoms with van der Waals surface area (Å²) in [5.41, 5.74) is 7.39. The zero-order chi connectivity index (χ0) is 14.5. The van der Waals surface area contributed by atoms with Gasteiger partial charge in [0.15, 0.2) is 0 Å². The lowest BCUT2D eigenvalue weighted by molar-refractivity contribution is -0.140. The molecule has 106 valence electrons. The molecule has 1 atom stereocenters. The third-order valence-electron chi connectivity index (χ3n) is 3.43. The standard InChI is InChI=1S/C16H18BrNO2/c1-20-16(19)8-4-7-15(18)13-9-10-14(17)12-6-3-2-5-11(12)13/h2-3,5-6,9-10,15H,4,7-8,18H2,1H3. The summed E-state index contributed by atoms with van der Waals surface area (Å²) in [6, 6.07) is 12.2. The number of esters is 1. The van der Waals surface area contributed by atoms with Crippen LogP contribution in [0.5, 0.6) is 0 Å². The SMILES string of the molecule is COC(=O)CCCC(N)c1ccc(Br)c2ccccc12. The summed E-state index contributed by atoms with van der Waals surface area (Å²) in [4.78, 5) is 11.1. The molecule has 3 nitrogen and oxygen atoms in total. The minimum atomic E-state index is -0.183. The molecule has 0 saturated heterocycles. The van der Waals surface area contributed by atoms with E-state index in [4.69, 9.17) is 5.73 Å². The van der Waals surface area contributed by atoms with Gasteiger partial charge in [-0.05, 0) is 35.2 Å². The smallest absolute Gasteiger partial charge is 0.305 e. The van der Waals surface area contributed by atoms with Crippen LogP contribution in [0.1, 0.15) is 30.9 Å². The van der Waals surface area contributed by atoms with E-state index in [-0.39, 0.29) is 12.0 Å². The molecule has 2 N–H and O–H groups in total. The molecule has 2 aromatic carbocycles. The van der Waals surface area contributed by atoms with Gasteiger partial charge in [-0.2, -0.15) is 0 Å². The Hall–Kier alpha value is -1.39. The van der Waals surface area contributed by atoms with Gasteiger partial charge < -0.3 is 10.5 Å². The van der Waals surface area contributed by atoms with Gasteiger partial charge in [-0.3, -0.25) is 4.79 Å². The number of methoxy groups -OCH3 is 1. The molecule has 0 aliphatic carbocycles. The number of ether oxygens (including phenoxy) is 1. The van der Waals surface area contributed by atoms with E-state index in [1.165, 1.54) is 7.11 Å². The molecule has 0 aromatic heterocycles. The molecule has 0 spiro atoms. The third kappa shape index (κ3) is 3.38. The lowest BCUT2D eigenvalue weighted by Crippen LogP contribution is -2.12.